The Bertz CT molecular complexity index is 970. The lowest BCUT2D eigenvalue weighted by molar-refractivity contribution is -0.175. The third-order valence-corrected chi connectivity index (χ3v) is 5.81. The van der Waals surface area contributed by atoms with E-state index in [1.165, 1.54) is 5.56 Å². The van der Waals surface area contributed by atoms with E-state index in [2.05, 4.69) is 41.3 Å². The van der Waals surface area contributed by atoms with Gasteiger partial charge in [0, 0.05) is 13.1 Å². The van der Waals surface area contributed by atoms with Crippen molar-refractivity contribution >= 4 is 6.29 Å². The number of ether oxygens (including phenoxy) is 2. The summed E-state index contributed by atoms with van der Waals surface area (Å²) in [7, 11) is 0. The van der Waals surface area contributed by atoms with Crippen molar-refractivity contribution in [2.24, 2.45) is 0 Å². The Balaban J connectivity index is 1.47. The number of carbonyl (C=O) groups excluding carboxylic acids is 1. The van der Waals surface area contributed by atoms with Gasteiger partial charge in [-0.2, -0.15) is 0 Å². The Hall–Kier alpha value is -2.95. The van der Waals surface area contributed by atoms with E-state index in [-0.39, 0.29) is 12.1 Å². The average molecular weight is 416 g/mol. The molecule has 1 aliphatic heterocycles. The van der Waals surface area contributed by atoms with Crippen LogP contribution in [0.15, 0.2) is 84.9 Å². The highest BCUT2D eigenvalue weighted by Crippen LogP contribution is 2.36. The molecule has 0 spiro atoms. The molecule has 1 aliphatic rings. The van der Waals surface area contributed by atoms with Gasteiger partial charge in [0.15, 0.2) is 0 Å². The molecule has 31 heavy (non-hydrogen) atoms. The second-order valence-corrected chi connectivity index (χ2v) is 8.55. The molecule has 0 radical (unpaired) electrons. The fourth-order valence-electron chi connectivity index (χ4n) is 4.16. The minimum Gasteiger partial charge on any atom is -0.489 e. The lowest BCUT2D eigenvalue weighted by Gasteiger charge is -2.47. The van der Waals surface area contributed by atoms with Gasteiger partial charge in [0.1, 0.15) is 18.6 Å². The van der Waals surface area contributed by atoms with Crippen molar-refractivity contribution in [1.82, 2.24) is 4.90 Å². The molecule has 0 aromatic heterocycles. The molecule has 3 aromatic carbocycles. The molecule has 160 valence electrons. The first-order valence-electron chi connectivity index (χ1n) is 10.7. The van der Waals surface area contributed by atoms with E-state index >= 15 is 0 Å². The molecule has 3 aromatic rings. The summed E-state index contributed by atoms with van der Waals surface area (Å²) < 4.78 is 12.3. The normalized spacial score (nSPS) is 20.8. The fourth-order valence-corrected chi connectivity index (χ4v) is 4.16. The van der Waals surface area contributed by atoms with E-state index in [0.29, 0.717) is 19.7 Å². The van der Waals surface area contributed by atoms with Gasteiger partial charge in [-0.05, 0) is 42.7 Å². The Morgan fingerprint density at radius 2 is 1.55 bits per heavy atom. The first-order valence-corrected chi connectivity index (χ1v) is 10.7. The predicted molar refractivity (Wildman–Crippen MR) is 122 cm³/mol. The zero-order chi connectivity index (χ0) is 21.7. The number of morpholine rings is 1. The van der Waals surface area contributed by atoms with Gasteiger partial charge < -0.3 is 14.3 Å². The topological polar surface area (TPSA) is 38.8 Å². The molecule has 1 fully saturated rings. The summed E-state index contributed by atoms with van der Waals surface area (Å²) in [6, 6.07) is 28.2. The van der Waals surface area contributed by atoms with E-state index in [0.717, 1.165) is 23.2 Å². The van der Waals surface area contributed by atoms with Crippen LogP contribution in [0.3, 0.4) is 0 Å². The van der Waals surface area contributed by atoms with Crippen LogP contribution in [0.2, 0.25) is 0 Å². The van der Waals surface area contributed by atoms with Crippen LogP contribution < -0.4 is 4.74 Å². The Kier molecular flexibility index (Phi) is 6.50. The average Bonchev–Trinajstić information content (AvgIpc) is 2.79. The smallest absolute Gasteiger partial charge is 0.140 e. The third kappa shape index (κ3) is 5.22. The van der Waals surface area contributed by atoms with Crippen LogP contribution in [0, 0.1) is 0 Å². The van der Waals surface area contributed by atoms with Gasteiger partial charge in [0.05, 0.1) is 17.7 Å². The maximum atomic E-state index is 11.9. The number of carbonyl (C=O) groups is 1. The Labute approximate surface area is 184 Å². The molecule has 4 nitrogen and oxygen atoms in total. The van der Waals surface area contributed by atoms with Crippen molar-refractivity contribution in [3.63, 3.8) is 0 Å². The van der Waals surface area contributed by atoms with Crippen molar-refractivity contribution in [2.75, 3.05) is 6.54 Å². The van der Waals surface area contributed by atoms with Crippen molar-refractivity contribution in [3.05, 3.63) is 102 Å². The highest BCUT2D eigenvalue weighted by atomic mass is 16.5. The number of hydrogen-bond acceptors (Lipinski definition) is 4. The number of rotatable bonds is 7. The maximum Gasteiger partial charge on any atom is 0.140 e. The highest BCUT2D eigenvalue weighted by molar-refractivity contribution is 5.60. The quantitative estimate of drug-likeness (QED) is 0.498. The van der Waals surface area contributed by atoms with Gasteiger partial charge in [-0.25, -0.2) is 0 Å². The van der Waals surface area contributed by atoms with Crippen molar-refractivity contribution in [1.29, 1.82) is 0 Å². The molecule has 0 bridgehead atoms. The lowest BCUT2D eigenvalue weighted by atomic mass is 9.92. The summed E-state index contributed by atoms with van der Waals surface area (Å²) in [5.74, 6) is 0.828. The number of aldehydes is 1. The zero-order valence-corrected chi connectivity index (χ0v) is 18.1. The van der Waals surface area contributed by atoms with E-state index < -0.39 is 5.60 Å². The number of benzene rings is 3. The van der Waals surface area contributed by atoms with Crippen LogP contribution in [0.4, 0.5) is 0 Å². The number of nitrogens with zero attached hydrogens (tertiary/aromatic N) is 1. The number of hydrogen-bond donors (Lipinski definition) is 0. The van der Waals surface area contributed by atoms with Crippen LogP contribution in [0.5, 0.6) is 5.75 Å². The second kappa shape index (κ2) is 9.46. The monoisotopic (exact) mass is 415 g/mol. The molecule has 1 saturated heterocycles. The molecule has 0 N–H and O–H groups in total. The maximum absolute atomic E-state index is 11.9. The molecule has 0 saturated carbocycles. The van der Waals surface area contributed by atoms with Crippen molar-refractivity contribution < 1.29 is 14.3 Å². The van der Waals surface area contributed by atoms with Gasteiger partial charge in [-0.3, -0.25) is 4.90 Å². The highest BCUT2D eigenvalue weighted by Gasteiger charge is 2.42. The van der Waals surface area contributed by atoms with Gasteiger partial charge in [0.25, 0.3) is 0 Å². The first kappa shape index (κ1) is 21.3. The molecule has 1 heterocycles. The Morgan fingerprint density at radius 1 is 0.935 bits per heavy atom. The van der Waals surface area contributed by atoms with E-state index in [1.807, 2.05) is 62.4 Å². The molecule has 2 unspecified atom stereocenters. The van der Waals surface area contributed by atoms with Crippen molar-refractivity contribution in [3.8, 4) is 5.75 Å². The van der Waals surface area contributed by atoms with Crippen LogP contribution in [-0.2, 0) is 22.7 Å². The molecular formula is C27H29NO3. The van der Waals surface area contributed by atoms with Gasteiger partial charge in [-0.1, -0.05) is 72.8 Å². The predicted octanol–water partition coefficient (Wildman–Crippen LogP) is 5.19. The van der Waals surface area contributed by atoms with Crippen LogP contribution in [-0.4, -0.2) is 29.4 Å². The summed E-state index contributed by atoms with van der Waals surface area (Å²) in [5.41, 5.74) is 2.83. The van der Waals surface area contributed by atoms with Crippen molar-refractivity contribution in [2.45, 2.75) is 44.7 Å². The fraction of sp³-hybridized carbons (Fsp3) is 0.296. The van der Waals surface area contributed by atoms with Gasteiger partial charge in [-0.15, -0.1) is 0 Å². The summed E-state index contributed by atoms with van der Waals surface area (Å²) in [4.78, 5) is 14.1. The SMILES string of the molecule is CC1(C)OC(c2ccc(OCc3ccccc3)cc2)CN(Cc2ccccc2)C1C=O. The summed E-state index contributed by atoms with van der Waals surface area (Å²) >= 11 is 0. The molecule has 4 rings (SSSR count). The minimum atomic E-state index is -0.581. The van der Waals surface area contributed by atoms with E-state index in [9.17, 15) is 4.79 Å². The second-order valence-electron chi connectivity index (χ2n) is 8.55. The molecule has 4 heteroatoms. The van der Waals surface area contributed by atoms with Gasteiger partial charge in [0.2, 0.25) is 0 Å². The Morgan fingerprint density at radius 3 is 2.16 bits per heavy atom. The van der Waals surface area contributed by atoms with E-state index in [4.69, 9.17) is 9.47 Å². The molecule has 2 atom stereocenters. The first-order chi connectivity index (χ1) is 15.0. The minimum absolute atomic E-state index is 0.113. The summed E-state index contributed by atoms with van der Waals surface area (Å²) in [6.45, 7) is 5.90. The standard InChI is InChI=1S/C27H29NO3/c1-27(2)26(19-29)28(17-21-9-5-3-6-10-21)18-25(31-27)23-13-15-24(16-14-23)30-20-22-11-7-4-8-12-22/h3-16,19,25-26H,17-18,20H2,1-2H3. The summed E-state index contributed by atoms with van der Waals surface area (Å²) in [5, 5.41) is 0. The summed E-state index contributed by atoms with van der Waals surface area (Å²) in [6.07, 6.45) is 0.901. The lowest BCUT2D eigenvalue weighted by Crippen LogP contribution is -2.58. The van der Waals surface area contributed by atoms with E-state index in [1.54, 1.807) is 0 Å². The zero-order valence-electron chi connectivity index (χ0n) is 18.1. The van der Waals surface area contributed by atoms with Crippen LogP contribution >= 0.6 is 0 Å². The largest absolute Gasteiger partial charge is 0.489 e. The van der Waals surface area contributed by atoms with Crippen LogP contribution in [0.1, 0.15) is 36.6 Å². The van der Waals surface area contributed by atoms with Gasteiger partial charge >= 0.3 is 0 Å². The molecule has 0 amide bonds. The molecular weight excluding hydrogens is 386 g/mol. The van der Waals surface area contributed by atoms with Crippen LogP contribution in [0.25, 0.3) is 0 Å². The third-order valence-electron chi connectivity index (χ3n) is 5.81. The molecule has 0 aliphatic carbocycles.